The minimum Gasteiger partial charge on any atom is -0.379 e. The van der Waals surface area contributed by atoms with Crippen molar-refractivity contribution < 1.29 is 4.74 Å². The van der Waals surface area contributed by atoms with Crippen LogP contribution >= 0.6 is 11.6 Å². The Morgan fingerprint density at radius 3 is 2.79 bits per heavy atom. The summed E-state index contributed by atoms with van der Waals surface area (Å²) < 4.78 is 5.38. The van der Waals surface area contributed by atoms with E-state index in [-0.39, 0.29) is 0 Å². The predicted molar refractivity (Wildman–Crippen MR) is 58.8 cm³/mol. The summed E-state index contributed by atoms with van der Waals surface area (Å²) in [7, 11) is 0. The fourth-order valence-electron chi connectivity index (χ4n) is 1.62. The second-order valence-electron chi connectivity index (χ2n) is 3.75. The number of hydrogen-bond donors (Lipinski definition) is 1. The molecule has 1 fully saturated rings. The van der Waals surface area contributed by atoms with Crippen LogP contribution in [0.3, 0.4) is 0 Å². The van der Waals surface area contributed by atoms with Crippen molar-refractivity contribution >= 4 is 17.3 Å². The van der Waals surface area contributed by atoms with E-state index in [0.29, 0.717) is 12.0 Å². The summed E-state index contributed by atoms with van der Waals surface area (Å²) in [6.45, 7) is 3.79. The van der Waals surface area contributed by atoms with E-state index in [9.17, 15) is 0 Å². The molecule has 14 heavy (non-hydrogen) atoms. The summed E-state index contributed by atoms with van der Waals surface area (Å²) >= 11 is 6.05. The highest BCUT2D eigenvalue weighted by atomic mass is 35.5. The van der Waals surface area contributed by atoms with Gasteiger partial charge in [-0.2, -0.15) is 0 Å². The highest BCUT2D eigenvalue weighted by Gasteiger charge is 2.24. The van der Waals surface area contributed by atoms with Crippen molar-refractivity contribution in [3.63, 3.8) is 0 Å². The number of halogens is 1. The quantitative estimate of drug-likeness (QED) is 0.813. The average molecular weight is 212 g/mol. The lowest BCUT2D eigenvalue weighted by molar-refractivity contribution is 0.187. The van der Waals surface area contributed by atoms with Gasteiger partial charge >= 0.3 is 0 Å². The number of benzene rings is 1. The molecule has 2 unspecified atom stereocenters. The zero-order valence-electron chi connectivity index (χ0n) is 8.16. The Morgan fingerprint density at radius 2 is 2.14 bits per heavy atom. The number of para-hydroxylation sites is 1. The van der Waals surface area contributed by atoms with Gasteiger partial charge in [-0.3, -0.25) is 0 Å². The van der Waals surface area contributed by atoms with Crippen molar-refractivity contribution in [1.29, 1.82) is 0 Å². The van der Waals surface area contributed by atoms with Gasteiger partial charge in [0.1, 0.15) is 0 Å². The Kier molecular flexibility index (Phi) is 2.94. The van der Waals surface area contributed by atoms with E-state index < -0.39 is 0 Å². The first-order chi connectivity index (χ1) is 6.77. The van der Waals surface area contributed by atoms with E-state index in [1.165, 1.54) is 0 Å². The van der Waals surface area contributed by atoms with Crippen LogP contribution in [0.2, 0.25) is 5.02 Å². The van der Waals surface area contributed by atoms with Gasteiger partial charge in [0.2, 0.25) is 0 Å². The van der Waals surface area contributed by atoms with Crippen LogP contribution in [0.15, 0.2) is 24.3 Å². The van der Waals surface area contributed by atoms with Crippen molar-refractivity contribution in [2.24, 2.45) is 5.92 Å². The first-order valence-corrected chi connectivity index (χ1v) is 5.24. The summed E-state index contributed by atoms with van der Waals surface area (Å²) in [5.41, 5.74) is 0.997. The van der Waals surface area contributed by atoms with Crippen molar-refractivity contribution in [2.75, 3.05) is 18.5 Å². The minimum atomic E-state index is 0.384. The highest BCUT2D eigenvalue weighted by molar-refractivity contribution is 6.33. The lowest BCUT2D eigenvalue weighted by Crippen LogP contribution is -2.25. The van der Waals surface area contributed by atoms with Crippen LogP contribution in [0.4, 0.5) is 5.69 Å². The zero-order valence-corrected chi connectivity index (χ0v) is 8.92. The molecule has 1 aliphatic rings. The molecule has 1 saturated heterocycles. The molecular formula is C11H14ClNO. The van der Waals surface area contributed by atoms with Gasteiger partial charge in [0, 0.05) is 5.92 Å². The number of anilines is 1. The van der Waals surface area contributed by atoms with Crippen LogP contribution in [0.1, 0.15) is 6.92 Å². The Hall–Kier alpha value is -0.730. The van der Waals surface area contributed by atoms with E-state index in [0.717, 1.165) is 23.9 Å². The molecule has 1 aliphatic heterocycles. The minimum absolute atomic E-state index is 0.384. The highest BCUT2D eigenvalue weighted by Crippen LogP contribution is 2.24. The molecule has 0 bridgehead atoms. The van der Waals surface area contributed by atoms with E-state index in [2.05, 4.69) is 12.2 Å². The second kappa shape index (κ2) is 4.20. The molecule has 2 rings (SSSR count). The molecule has 76 valence electrons. The van der Waals surface area contributed by atoms with Crippen LogP contribution in [0, 0.1) is 5.92 Å². The number of ether oxygens (including phenoxy) is 1. The van der Waals surface area contributed by atoms with Gasteiger partial charge in [0.05, 0.1) is 30.0 Å². The van der Waals surface area contributed by atoms with Crippen LogP contribution in [-0.2, 0) is 4.74 Å². The summed E-state index contributed by atoms with van der Waals surface area (Å²) in [5.74, 6) is 0.547. The molecule has 0 aliphatic carbocycles. The largest absolute Gasteiger partial charge is 0.379 e. The topological polar surface area (TPSA) is 21.3 Å². The first kappa shape index (κ1) is 9.81. The Bertz CT molecular complexity index is 316. The molecule has 0 aromatic heterocycles. The predicted octanol–water partition coefficient (Wildman–Crippen LogP) is 2.79. The molecular weight excluding hydrogens is 198 g/mol. The summed E-state index contributed by atoms with van der Waals surface area (Å²) in [6.07, 6.45) is 0. The van der Waals surface area contributed by atoms with Gasteiger partial charge < -0.3 is 10.1 Å². The molecule has 2 nitrogen and oxygen atoms in total. The Morgan fingerprint density at radius 1 is 1.36 bits per heavy atom. The third-order valence-electron chi connectivity index (χ3n) is 2.58. The lowest BCUT2D eigenvalue weighted by atomic mass is 10.1. The normalized spacial score (nSPS) is 26.4. The molecule has 1 aromatic rings. The van der Waals surface area contributed by atoms with Gasteiger partial charge in [0.25, 0.3) is 0 Å². The molecule has 0 saturated carbocycles. The van der Waals surface area contributed by atoms with Gasteiger partial charge in [-0.1, -0.05) is 30.7 Å². The average Bonchev–Trinajstić information content (AvgIpc) is 2.56. The fourth-order valence-corrected chi connectivity index (χ4v) is 1.81. The standard InChI is InChI=1S/C11H14ClNO/c1-8-6-14-7-11(8)13-10-5-3-2-4-9(10)12/h2-5,8,11,13H,6-7H2,1H3. The van der Waals surface area contributed by atoms with Crippen LogP contribution < -0.4 is 5.32 Å². The van der Waals surface area contributed by atoms with Gasteiger partial charge in [-0.25, -0.2) is 0 Å². The Labute approximate surface area is 89.2 Å². The number of rotatable bonds is 2. The fraction of sp³-hybridized carbons (Fsp3) is 0.455. The van der Waals surface area contributed by atoms with Crippen molar-refractivity contribution in [1.82, 2.24) is 0 Å². The molecule has 1 N–H and O–H groups in total. The second-order valence-corrected chi connectivity index (χ2v) is 4.15. The third-order valence-corrected chi connectivity index (χ3v) is 2.91. The summed E-state index contributed by atoms with van der Waals surface area (Å²) in [4.78, 5) is 0. The van der Waals surface area contributed by atoms with Crippen molar-refractivity contribution in [3.05, 3.63) is 29.3 Å². The maximum absolute atomic E-state index is 6.05. The summed E-state index contributed by atoms with van der Waals surface area (Å²) in [5, 5.41) is 4.17. The maximum Gasteiger partial charge on any atom is 0.0671 e. The van der Waals surface area contributed by atoms with Gasteiger partial charge in [0.15, 0.2) is 0 Å². The molecule has 2 atom stereocenters. The molecule has 3 heteroatoms. The van der Waals surface area contributed by atoms with Gasteiger partial charge in [-0.15, -0.1) is 0 Å². The smallest absolute Gasteiger partial charge is 0.0671 e. The molecule has 0 radical (unpaired) electrons. The number of hydrogen-bond acceptors (Lipinski definition) is 2. The maximum atomic E-state index is 6.05. The monoisotopic (exact) mass is 211 g/mol. The van der Waals surface area contributed by atoms with E-state index in [4.69, 9.17) is 16.3 Å². The van der Waals surface area contributed by atoms with Crippen molar-refractivity contribution in [3.8, 4) is 0 Å². The Balaban J connectivity index is 2.07. The lowest BCUT2D eigenvalue weighted by Gasteiger charge is -2.17. The third kappa shape index (κ3) is 2.02. The van der Waals surface area contributed by atoms with Crippen LogP contribution in [0.25, 0.3) is 0 Å². The van der Waals surface area contributed by atoms with E-state index in [1.54, 1.807) is 0 Å². The number of nitrogens with one attached hydrogen (secondary N) is 1. The van der Waals surface area contributed by atoms with Crippen molar-refractivity contribution in [2.45, 2.75) is 13.0 Å². The molecule has 1 aromatic carbocycles. The van der Waals surface area contributed by atoms with E-state index in [1.807, 2.05) is 24.3 Å². The first-order valence-electron chi connectivity index (χ1n) is 4.86. The zero-order chi connectivity index (χ0) is 9.97. The SMILES string of the molecule is CC1COCC1Nc1ccccc1Cl. The van der Waals surface area contributed by atoms with Crippen LogP contribution in [-0.4, -0.2) is 19.3 Å². The van der Waals surface area contributed by atoms with E-state index >= 15 is 0 Å². The summed E-state index contributed by atoms with van der Waals surface area (Å²) in [6, 6.07) is 8.18. The molecule has 0 spiro atoms. The molecule has 1 heterocycles. The molecule has 0 amide bonds. The van der Waals surface area contributed by atoms with Crippen LogP contribution in [0.5, 0.6) is 0 Å². The van der Waals surface area contributed by atoms with Gasteiger partial charge in [-0.05, 0) is 12.1 Å².